The predicted molar refractivity (Wildman–Crippen MR) is 63.6 cm³/mol. The first-order chi connectivity index (χ1) is 9.00. The molecule has 2 rings (SSSR count). The maximum Gasteiger partial charge on any atom is 0.322 e. The number of carboxylic acids is 1. The molecule has 0 bridgehead atoms. The number of halogens is 2. The Labute approximate surface area is 107 Å². The Kier molecular flexibility index (Phi) is 3.64. The molecule has 2 amide bonds. The number of hydrogen-bond acceptors (Lipinski definition) is 2. The van der Waals surface area contributed by atoms with Crippen LogP contribution in [0.5, 0.6) is 0 Å². The molecule has 102 valence electrons. The highest BCUT2D eigenvalue weighted by Crippen LogP contribution is 2.36. The van der Waals surface area contributed by atoms with Gasteiger partial charge in [-0.15, -0.1) is 0 Å². The van der Waals surface area contributed by atoms with Crippen LogP contribution in [0.2, 0.25) is 0 Å². The number of hydrogen-bond donors (Lipinski definition) is 2. The van der Waals surface area contributed by atoms with Crippen LogP contribution >= 0.6 is 0 Å². The number of carbonyl (C=O) groups is 2. The van der Waals surface area contributed by atoms with E-state index in [1.54, 1.807) is 24.3 Å². The van der Waals surface area contributed by atoms with Crippen LogP contribution in [0.3, 0.4) is 0 Å². The Bertz CT molecular complexity index is 508. The third kappa shape index (κ3) is 2.64. The zero-order valence-electron chi connectivity index (χ0n) is 9.85. The number of carboxylic acid groups (broad SMARTS) is 1. The second-order valence-corrected chi connectivity index (χ2v) is 4.14. The Balaban J connectivity index is 2.20. The van der Waals surface area contributed by atoms with Crippen molar-refractivity contribution >= 4 is 17.7 Å². The van der Waals surface area contributed by atoms with Crippen molar-refractivity contribution in [3.63, 3.8) is 0 Å². The molecule has 0 fully saturated rings. The molecule has 5 nitrogen and oxygen atoms in total. The monoisotopic (exact) mass is 270 g/mol. The number of anilines is 1. The SMILES string of the molecule is O=C(O)C1CN(C(=O)NCC(F)F)c2ccccc21. The summed E-state index contributed by atoms with van der Waals surface area (Å²) in [5, 5.41) is 11.2. The summed E-state index contributed by atoms with van der Waals surface area (Å²) >= 11 is 0. The number of nitrogens with zero attached hydrogens (tertiary/aromatic N) is 1. The fourth-order valence-corrected chi connectivity index (χ4v) is 2.07. The van der Waals surface area contributed by atoms with Crippen LogP contribution in [0.4, 0.5) is 19.3 Å². The van der Waals surface area contributed by atoms with E-state index in [1.807, 2.05) is 0 Å². The number of para-hydroxylation sites is 1. The summed E-state index contributed by atoms with van der Waals surface area (Å²) in [7, 11) is 0. The van der Waals surface area contributed by atoms with Crippen LogP contribution in [0, 0.1) is 0 Å². The van der Waals surface area contributed by atoms with Crippen molar-refractivity contribution < 1.29 is 23.5 Å². The molecule has 0 saturated heterocycles. The van der Waals surface area contributed by atoms with Crippen molar-refractivity contribution in [2.75, 3.05) is 18.0 Å². The summed E-state index contributed by atoms with van der Waals surface area (Å²) in [6, 6.07) is 5.84. The van der Waals surface area contributed by atoms with E-state index < -0.39 is 30.9 Å². The Morgan fingerprint density at radius 1 is 1.42 bits per heavy atom. The zero-order valence-corrected chi connectivity index (χ0v) is 9.85. The number of carbonyl (C=O) groups excluding carboxylic acids is 1. The van der Waals surface area contributed by atoms with Gasteiger partial charge in [0.25, 0.3) is 6.43 Å². The van der Waals surface area contributed by atoms with Crippen molar-refractivity contribution in [1.29, 1.82) is 0 Å². The highest BCUT2D eigenvalue weighted by molar-refractivity contribution is 5.98. The topological polar surface area (TPSA) is 69.6 Å². The molecule has 7 heteroatoms. The number of urea groups is 1. The molecule has 0 spiro atoms. The van der Waals surface area contributed by atoms with Crippen LogP contribution in [-0.2, 0) is 4.79 Å². The summed E-state index contributed by atoms with van der Waals surface area (Å²) in [5.74, 6) is -1.87. The highest BCUT2D eigenvalue weighted by atomic mass is 19.3. The van der Waals surface area contributed by atoms with Gasteiger partial charge in [-0.05, 0) is 11.6 Å². The second-order valence-electron chi connectivity index (χ2n) is 4.14. The number of aliphatic carboxylic acids is 1. The Morgan fingerprint density at radius 3 is 2.74 bits per heavy atom. The first-order valence-corrected chi connectivity index (χ1v) is 5.66. The molecule has 1 unspecified atom stereocenters. The predicted octanol–water partition coefficient (Wildman–Crippen LogP) is 1.65. The van der Waals surface area contributed by atoms with Crippen LogP contribution in [0.1, 0.15) is 11.5 Å². The molecule has 1 atom stereocenters. The first kappa shape index (κ1) is 13.3. The lowest BCUT2D eigenvalue weighted by atomic mass is 10.0. The van der Waals surface area contributed by atoms with Crippen LogP contribution in [0.25, 0.3) is 0 Å². The Morgan fingerprint density at radius 2 is 2.11 bits per heavy atom. The van der Waals surface area contributed by atoms with Crippen LogP contribution in [0.15, 0.2) is 24.3 Å². The highest BCUT2D eigenvalue weighted by Gasteiger charge is 2.36. The van der Waals surface area contributed by atoms with Crippen LogP contribution < -0.4 is 10.2 Å². The van der Waals surface area contributed by atoms with Gasteiger partial charge < -0.3 is 10.4 Å². The standard InChI is InChI=1S/C12H12F2N2O3/c13-10(14)5-15-12(19)16-6-8(11(17)18)7-3-1-2-4-9(7)16/h1-4,8,10H,5-6H2,(H,15,19)(H,17,18). The maximum atomic E-state index is 12.1. The van der Waals surface area contributed by atoms with Gasteiger partial charge in [-0.1, -0.05) is 18.2 Å². The van der Waals surface area contributed by atoms with Gasteiger partial charge in [-0.2, -0.15) is 0 Å². The average molecular weight is 270 g/mol. The zero-order chi connectivity index (χ0) is 14.0. The average Bonchev–Trinajstić information content (AvgIpc) is 2.75. The molecule has 19 heavy (non-hydrogen) atoms. The van der Waals surface area contributed by atoms with Crippen molar-refractivity contribution in [2.45, 2.75) is 12.3 Å². The van der Waals surface area contributed by atoms with E-state index >= 15 is 0 Å². The van der Waals surface area contributed by atoms with Gasteiger partial charge in [-0.3, -0.25) is 9.69 Å². The molecule has 1 aromatic carbocycles. The minimum absolute atomic E-state index is 0.0518. The fourth-order valence-electron chi connectivity index (χ4n) is 2.07. The van der Waals surface area contributed by atoms with E-state index in [1.165, 1.54) is 4.90 Å². The van der Waals surface area contributed by atoms with Gasteiger partial charge in [0.1, 0.15) is 5.92 Å². The molecule has 1 heterocycles. The van der Waals surface area contributed by atoms with Gasteiger partial charge >= 0.3 is 12.0 Å². The van der Waals surface area contributed by atoms with E-state index in [2.05, 4.69) is 5.32 Å². The molecule has 1 aliphatic heterocycles. The maximum absolute atomic E-state index is 12.1. The third-order valence-corrected chi connectivity index (χ3v) is 2.92. The van der Waals surface area contributed by atoms with Crippen molar-refractivity contribution in [1.82, 2.24) is 5.32 Å². The number of nitrogens with one attached hydrogen (secondary N) is 1. The van der Waals surface area contributed by atoms with E-state index in [9.17, 15) is 18.4 Å². The fraction of sp³-hybridized carbons (Fsp3) is 0.333. The minimum atomic E-state index is -2.64. The number of benzene rings is 1. The summed E-state index contributed by atoms with van der Waals surface area (Å²) < 4.78 is 24.1. The number of rotatable bonds is 3. The molecule has 0 radical (unpaired) electrons. The van der Waals surface area contributed by atoms with Crippen LogP contribution in [-0.4, -0.2) is 36.6 Å². The quantitative estimate of drug-likeness (QED) is 0.877. The molecule has 0 saturated carbocycles. The van der Waals surface area contributed by atoms with Gasteiger partial charge in [0.2, 0.25) is 0 Å². The summed E-state index contributed by atoms with van der Waals surface area (Å²) in [4.78, 5) is 24.1. The van der Waals surface area contributed by atoms with Crippen molar-refractivity contribution in [3.05, 3.63) is 29.8 Å². The summed E-state index contributed by atoms with van der Waals surface area (Å²) in [6.45, 7) is -0.807. The van der Waals surface area contributed by atoms with Gasteiger partial charge in [0.05, 0.1) is 6.54 Å². The van der Waals surface area contributed by atoms with Gasteiger partial charge in [0.15, 0.2) is 0 Å². The smallest absolute Gasteiger partial charge is 0.322 e. The minimum Gasteiger partial charge on any atom is -0.481 e. The van der Waals surface area contributed by atoms with Crippen molar-refractivity contribution in [2.24, 2.45) is 0 Å². The summed E-state index contributed by atoms with van der Waals surface area (Å²) in [6.07, 6.45) is -2.64. The second kappa shape index (κ2) is 5.21. The molecular weight excluding hydrogens is 258 g/mol. The molecule has 1 aliphatic rings. The van der Waals surface area contributed by atoms with E-state index in [0.29, 0.717) is 11.3 Å². The lowest BCUT2D eigenvalue weighted by Gasteiger charge is -2.18. The number of amides is 2. The van der Waals surface area contributed by atoms with E-state index in [4.69, 9.17) is 5.11 Å². The lowest BCUT2D eigenvalue weighted by molar-refractivity contribution is -0.138. The molecule has 1 aromatic rings. The largest absolute Gasteiger partial charge is 0.481 e. The number of fused-ring (bicyclic) bond motifs is 1. The molecule has 2 N–H and O–H groups in total. The summed E-state index contributed by atoms with van der Waals surface area (Å²) in [5.41, 5.74) is 0.962. The first-order valence-electron chi connectivity index (χ1n) is 5.66. The normalized spacial score (nSPS) is 17.4. The third-order valence-electron chi connectivity index (χ3n) is 2.92. The molecular formula is C12H12F2N2O3. The molecule has 0 aliphatic carbocycles. The Hall–Kier alpha value is -2.18. The number of alkyl halides is 2. The lowest BCUT2D eigenvalue weighted by Crippen LogP contribution is -2.41. The van der Waals surface area contributed by atoms with Crippen molar-refractivity contribution in [3.8, 4) is 0 Å². The van der Waals surface area contributed by atoms with Gasteiger partial charge in [0, 0.05) is 12.2 Å². The molecule has 0 aromatic heterocycles. The van der Waals surface area contributed by atoms with E-state index in [-0.39, 0.29) is 6.54 Å². The van der Waals surface area contributed by atoms with E-state index in [0.717, 1.165) is 0 Å². The van der Waals surface area contributed by atoms with Gasteiger partial charge in [-0.25, -0.2) is 13.6 Å².